The number of aromatic nitrogens is 2. The lowest BCUT2D eigenvalue weighted by atomic mass is 10.00. The van der Waals surface area contributed by atoms with Crippen LogP contribution in [0, 0.1) is 5.92 Å². The number of hydrogen-bond acceptors (Lipinski definition) is 3. The van der Waals surface area contributed by atoms with Crippen molar-refractivity contribution in [3.05, 3.63) is 22.7 Å². The van der Waals surface area contributed by atoms with Crippen LogP contribution in [0.1, 0.15) is 55.8 Å². The van der Waals surface area contributed by atoms with Crippen molar-refractivity contribution in [2.24, 2.45) is 5.92 Å². The summed E-state index contributed by atoms with van der Waals surface area (Å²) in [5, 5.41) is 0.340. The molecule has 1 fully saturated rings. The van der Waals surface area contributed by atoms with Crippen molar-refractivity contribution in [3.63, 3.8) is 0 Å². The molecule has 1 aromatic rings. The van der Waals surface area contributed by atoms with Crippen LogP contribution in [0.25, 0.3) is 0 Å². The summed E-state index contributed by atoms with van der Waals surface area (Å²) in [5.41, 5.74) is 0.342. The number of rotatable bonds is 2. The van der Waals surface area contributed by atoms with Crippen LogP contribution in [0.2, 0.25) is 5.02 Å². The highest BCUT2D eigenvalue weighted by atomic mass is 35.5. The number of hydrogen-bond donors (Lipinski definition) is 0. The molecular weight excluding hydrogens is 262 g/mol. The minimum atomic E-state index is -0.0687. The Morgan fingerprint density at radius 3 is 2.89 bits per heavy atom. The van der Waals surface area contributed by atoms with E-state index in [0.29, 0.717) is 22.5 Å². The molecule has 1 aliphatic heterocycles. The zero-order valence-corrected chi connectivity index (χ0v) is 12.4. The number of likely N-dealkylation sites (tertiary alicyclic amines) is 1. The Balaban J connectivity index is 2.24. The summed E-state index contributed by atoms with van der Waals surface area (Å²) in [7, 11) is 0. The number of carbonyl (C=O) groups is 1. The van der Waals surface area contributed by atoms with Crippen LogP contribution in [-0.2, 0) is 0 Å². The van der Waals surface area contributed by atoms with E-state index in [4.69, 9.17) is 11.6 Å². The summed E-state index contributed by atoms with van der Waals surface area (Å²) in [4.78, 5) is 22.9. The van der Waals surface area contributed by atoms with E-state index in [1.54, 1.807) is 0 Å². The molecule has 2 heterocycles. The summed E-state index contributed by atoms with van der Waals surface area (Å²) < 4.78 is 0. The van der Waals surface area contributed by atoms with Gasteiger partial charge < -0.3 is 4.90 Å². The van der Waals surface area contributed by atoms with Crippen molar-refractivity contribution in [3.8, 4) is 0 Å². The molecule has 0 saturated carbocycles. The highest BCUT2D eigenvalue weighted by Gasteiger charge is 2.25. The molecule has 2 rings (SSSR count). The van der Waals surface area contributed by atoms with Crippen LogP contribution in [0.15, 0.2) is 6.20 Å². The molecule has 0 bridgehead atoms. The quantitative estimate of drug-likeness (QED) is 0.837. The highest BCUT2D eigenvalue weighted by molar-refractivity contribution is 6.33. The van der Waals surface area contributed by atoms with E-state index in [2.05, 4.69) is 16.9 Å². The van der Waals surface area contributed by atoms with Gasteiger partial charge in [-0.3, -0.25) is 4.79 Å². The first kappa shape index (κ1) is 14.3. The number of carbonyl (C=O) groups excluding carboxylic acids is 1. The zero-order chi connectivity index (χ0) is 14.0. The second-order valence-corrected chi connectivity index (χ2v) is 5.99. The molecule has 1 atom stereocenters. The van der Waals surface area contributed by atoms with Crippen molar-refractivity contribution in [1.82, 2.24) is 14.9 Å². The number of amides is 1. The largest absolute Gasteiger partial charge is 0.337 e. The summed E-state index contributed by atoms with van der Waals surface area (Å²) in [5.74, 6) is 1.32. The van der Waals surface area contributed by atoms with E-state index in [1.807, 2.05) is 18.7 Å². The van der Waals surface area contributed by atoms with E-state index in [9.17, 15) is 4.79 Å². The average Bonchev–Trinajstić information content (AvgIpc) is 2.38. The maximum Gasteiger partial charge on any atom is 0.274 e. The van der Waals surface area contributed by atoms with Gasteiger partial charge in [-0.25, -0.2) is 9.97 Å². The Labute approximate surface area is 119 Å². The second kappa shape index (κ2) is 5.87. The van der Waals surface area contributed by atoms with E-state index in [-0.39, 0.29) is 11.8 Å². The van der Waals surface area contributed by atoms with Crippen LogP contribution in [-0.4, -0.2) is 33.9 Å². The average molecular weight is 282 g/mol. The third-order valence-corrected chi connectivity index (χ3v) is 3.70. The van der Waals surface area contributed by atoms with Gasteiger partial charge >= 0.3 is 0 Å². The molecule has 1 unspecified atom stereocenters. The highest BCUT2D eigenvalue weighted by Crippen LogP contribution is 2.21. The Bertz CT molecular complexity index is 476. The molecule has 19 heavy (non-hydrogen) atoms. The Morgan fingerprint density at radius 2 is 2.26 bits per heavy atom. The van der Waals surface area contributed by atoms with Crippen molar-refractivity contribution >= 4 is 17.5 Å². The lowest BCUT2D eigenvalue weighted by Gasteiger charge is -2.30. The van der Waals surface area contributed by atoms with Gasteiger partial charge in [-0.1, -0.05) is 32.4 Å². The first-order valence-corrected chi connectivity index (χ1v) is 7.18. The monoisotopic (exact) mass is 281 g/mol. The second-order valence-electron chi connectivity index (χ2n) is 5.58. The number of piperidine rings is 1. The third-order valence-electron chi connectivity index (χ3n) is 3.43. The van der Waals surface area contributed by atoms with Crippen LogP contribution in [0.5, 0.6) is 0 Å². The van der Waals surface area contributed by atoms with Crippen LogP contribution in [0.4, 0.5) is 0 Å². The molecule has 1 aliphatic rings. The molecule has 0 spiro atoms. The zero-order valence-electron chi connectivity index (χ0n) is 11.7. The van der Waals surface area contributed by atoms with Gasteiger partial charge in [-0.05, 0) is 18.8 Å². The van der Waals surface area contributed by atoms with Crippen molar-refractivity contribution in [2.75, 3.05) is 13.1 Å². The smallest absolute Gasteiger partial charge is 0.274 e. The predicted octanol–water partition coefficient (Wildman–Crippen LogP) is 3.13. The van der Waals surface area contributed by atoms with Crippen molar-refractivity contribution in [1.29, 1.82) is 0 Å². The van der Waals surface area contributed by atoms with Crippen LogP contribution < -0.4 is 0 Å². The van der Waals surface area contributed by atoms with Gasteiger partial charge in [-0.15, -0.1) is 0 Å². The van der Waals surface area contributed by atoms with Crippen molar-refractivity contribution < 1.29 is 4.79 Å². The Kier molecular flexibility index (Phi) is 4.40. The summed E-state index contributed by atoms with van der Waals surface area (Å²) in [6, 6.07) is 0. The molecule has 1 aromatic heterocycles. The van der Waals surface area contributed by atoms with Crippen LogP contribution >= 0.6 is 11.6 Å². The molecule has 1 amide bonds. The molecular formula is C14H20ClN3O. The summed E-state index contributed by atoms with van der Waals surface area (Å²) in [6.45, 7) is 7.75. The topological polar surface area (TPSA) is 46.1 Å². The summed E-state index contributed by atoms with van der Waals surface area (Å²) >= 11 is 6.08. The molecule has 4 nitrogen and oxygen atoms in total. The fourth-order valence-corrected chi connectivity index (χ4v) is 2.50. The Hall–Kier alpha value is -1.16. The van der Waals surface area contributed by atoms with E-state index in [1.165, 1.54) is 12.6 Å². The lowest BCUT2D eigenvalue weighted by Crippen LogP contribution is -2.39. The maximum absolute atomic E-state index is 12.5. The predicted molar refractivity (Wildman–Crippen MR) is 75.4 cm³/mol. The fourth-order valence-electron chi connectivity index (χ4n) is 2.33. The molecule has 0 aromatic carbocycles. The molecule has 1 saturated heterocycles. The van der Waals surface area contributed by atoms with Gasteiger partial charge in [0.2, 0.25) is 0 Å². The number of halogens is 1. The van der Waals surface area contributed by atoms with Gasteiger partial charge in [0.05, 0.1) is 11.2 Å². The van der Waals surface area contributed by atoms with Gasteiger partial charge in [0.25, 0.3) is 5.91 Å². The molecule has 0 N–H and O–H groups in total. The molecule has 5 heteroatoms. The van der Waals surface area contributed by atoms with E-state index in [0.717, 1.165) is 19.5 Å². The van der Waals surface area contributed by atoms with Crippen molar-refractivity contribution in [2.45, 2.75) is 39.5 Å². The lowest BCUT2D eigenvalue weighted by molar-refractivity contribution is 0.0676. The van der Waals surface area contributed by atoms with Gasteiger partial charge in [-0.2, -0.15) is 0 Å². The minimum absolute atomic E-state index is 0.0687. The maximum atomic E-state index is 12.5. The summed E-state index contributed by atoms with van der Waals surface area (Å²) in [6.07, 6.45) is 3.76. The number of nitrogens with zero attached hydrogens (tertiary/aromatic N) is 3. The van der Waals surface area contributed by atoms with Gasteiger partial charge in [0, 0.05) is 19.0 Å². The fraction of sp³-hybridized carbons (Fsp3) is 0.643. The van der Waals surface area contributed by atoms with E-state index >= 15 is 0 Å². The van der Waals surface area contributed by atoms with Gasteiger partial charge in [0.1, 0.15) is 5.82 Å². The third kappa shape index (κ3) is 3.24. The first-order chi connectivity index (χ1) is 8.99. The van der Waals surface area contributed by atoms with Crippen LogP contribution in [0.3, 0.4) is 0 Å². The molecule has 0 radical (unpaired) electrons. The normalized spacial score (nSPS) is 19.8. The van der Waals surface area contributed by atoms with E-state index < -0.39 is 0 Å². The first-order valence-electron chi connectivity index (χ1n) is 6.80. The van der Waals surface area contributed by atoms with Gasteiger partial charge in [0.15, 0.2) is 5.69 Å². The standard InChI is InChI=1S/C14H20ClN3O/c1-9(2)13-16-7-11(15)12(17-13)14(19)18-6-4-5-10(3)8-18/h7,9-10H,4-6,8H2,1-3H3. The SMILES string of the molecule is CC1CCCN(C(=O)c2nc(C(C)C)ncc2Cl)C1. The Morgan fingerprint density at radius 1 is 1.53 bits per heavy atom. The molecule has 0 aliphatic carbocycles. The molecule has 104 valence electrons. The minimum Gasteiger partial charge on any atom is -0.337 e.